The molecular weight excluding hydrogens is 339 g/mol. The monoisotopic (exact) mass is 346 g/mol. The van der Waals surface area contributed by atoms with Crippen molar-refractivity contribution < 1.29 is 4.52 Å². The van der Waals surface area contributed by atoms with Gasteiger partial charge in [-0.15, -0.1) is 11.3 Å². The average molecular weight is 347 g/mol. The third-order valence-electron chi connectivity index (χ3n) is 3.26. The molecule has 0 atom stereocenters. The Balaban J connectivity index is 1.80. The third-order valence-corrected chi connectivity index (χ3v) is 5.17. The standard InChI is InChI=1S/C16H8Cl2N2OS/c17-10-7-5-9(6-8-10)15-19-16(21-20-15)14-13(18)11-3-1-2-4-12(11)22-14/h1-8H. The topological polar surface area (TPSA) is 38.9 Å². The lowest BCUT2D eigenvalue weighted by Gasteiger charge is -1.93. The molecule has 0 amide bonds. The maximum absolute atomic E-state index is 6.43. The molecule has 0 aliphatic heterocycles. The second-order valence-electron chi connectivity index (χ2n) is 4.67. The van der Waals surface area contributed by atoms with Gasteiger partial charge in [-0.05, 0) is 30.3 Å². The van der Waals surface area contributed by atoms with E-state index in [4.69, 9.17) is 27.7 Å². The van der Waals surface area contributed by atoms with E-state index >= 15 is 0 Å². The Morgan fingerprint density at radius 3 is 2.50 bits per heavy atom. The van der Waals surface area contributed by atoms with Crippen LogP contribution in [0.15, 0.2) is 53.1 Å². The summed E-state index contributed by atoms with van der Waals surface area (Å²) in [7, 11) is 0. The fraction of sp³-hybridized carbons (Fsp3) is 0. The Hall–Kier alpha value is -1.88. The quantitative estimate of drug-likeness (QED) is 0.451. The molecule has 6 heteroatoms. The number of rotatable bonds is 2. The van der Waals surface area contributed by atoms with Gasteiger partial charge in [0, 0.05) is 20.7 Å². The molecule has 0 bridgehead atoms. The van der Waals surface area contributed by atoms with E-state index in [1.165, 1.54) is 11.3 Å². The molecule has 0 aliphatic rings. The van der Waals surface area contributed by atoms with Crippen LogP contribution in [0.4, 0.5) is 0 Å². The number of thiophene rings is 1. The molecule has 0 spiro atoms. The maximum atomic E-state index is 6.43. The van der Waals surface area contributed by atoms with Crippen molar-refractivity contribution in [2.24, 2.45) is 0 Å². The van der Waals surface area contributed by atoms with E-state index in [0.29, 0.717) is 21.8 Å². The van der Waals surface area contributed by atoms with Crippen molar-refractivity contribution in [3.63, 3.8) is 0 Å². The van der Waals surface area contributed by atoms with Crippen LogP contribution in [0.2, 0.25) is 10.0 Å². The van der Waals surface area contributed by atoms with Gasteiger partial charge in [0.25, 0.3) is 5.89 Å². The Kier molecular flexibility index (Phi) is 3.37. The minimum absolute atomic E-state index is 0.427. The van der Waals surface area contributed by atoms with Crippen molar-refractivity contribution in [2.75, 3.05) is 0 Å². The molecule has 4 aromatic rings. The van der Waals surface area contributed by atoms with E-state index < -0.39 is 0 Å². The Bertz CT molecular complexity index is 960. The van der Waals surface area contributed by atoms with Crippen LogP contribution in [0.5, 0.6) is 0 Å². The molecular formula is C16H8Cl2N2OS. The summed E-state index contributed by atoms with van der Waals surface area (Å²) in [5.74, 6) is 0.941. The SMILES string of the molecule is Clc1ccc(-c2noc(-c3sc4ccccc4c3Cl)n2)cc1. The van der Waals surface area contributed by atoms with Gasteiger partial charge in [-0.1, -0.05) is 46.6 Å². The summed E-state index contributed by atoms with van der Waals surface area (Å²) in [5.41, 5.74) is 0.844. The number of halogens is 2. The first-order chi connectivity index (χ1) is 10.7. The van der Waals surface area contributed by atoms with Crippen LogP contribution in [0.25, 0.3) is 32.2 Å². The Morgan fingerprint density at radius 1 is 0.955 bits per heavy atom. The van der Waals surface area contributed by atoms with E-state index in [1.54, 1.807) is 12.1 Å². The van der Waals surface area contributed by atoms with Crippen LogP contribution in [0.1, 0.15) is 0 Å². The summed E-state index contributed by atoms with van der Waals surface area (Å²) in [4.78, 5) is 5.23. The molecule has 0 aliphatic carbocycles. The number of hydrogen-bond acceptors (Lipinski definition) is 4. The number of hydrogen-bond donors (Lipinski definition) is 0. The molecule has 2 heterocycles. The van der Waals surface area contributed by atoms with Crippen molar-refractivity contribution in [2.45, 2.75) is 0 Å². The number of benzene rings is 2. The highest BCUT2D eigenvalue weighted by Gasteiger charge is 2.18. The van der Waals surface area contributed by atoms with Crippen molar-refractivity contribution in [3.05, 3.63) is 58.6 Å². The highest BCUT2D eigenvalue weighted by molar-refractivity contribution is 7.23. The van der Waals surface area contributed by atoms with Gasteiger partial charge in [0.1, 0.15) is 4.88 Å². The van der Waals surface area contributed by atoms with Crippen molar-refractivity contribution >= 4 is 44.6 Å². The lowest BCUT2D eigenvalue weighted by Crippen LogP contribution is -1.80. The molecule has 108 valence electrons. The smallest absolute Gasteiger partial charge is 0.269 e. The molecule has 2 aromatic heterocycles. The molecule has 0 N–H and O–H groups in total. The van der Waals surface area contributed by atoms with Gasteiger partial charge in [0.15, 0.2) is 0 Å². The Labute approximate surface area is 140 Å². The van der Waals surface area contributed by atoms with Crippen molar-refractivity contribution in [3.8, 4) is 22.2 Å². The number of fused-ring (bicyclic) bond motifs is 1. The second kappa shape index (κ2) is 5.39. The van der Waals surface area contributed by atoms with Gasteiger partial charge in [-0.25, -0.2) is 0 Å². The molecule has 0 fully saturated rings. The van der Waals surface area contributed by atoms with Gasteiger partial charge in [0.05, 0.1) is 5.02 Å². The van der Waals surface area contributed by atoms with E-state index in [9.17, 15) is 0 Å². The summed E-state index contributed by atoms with van der Waals surface area (Å²) < 4.78 is 6.47. The van der Waals surface area contributed by atoms with Crippen LogP contribution >= 0.6 is 34.5 Å². The number of nitrogens with zero attached hydrogens (tertiary/aromatic N) is 2. The molecule has 2 aromatic carbocycles. The highest BCUT2D eigenvalue weighted by atomic mass is 35.5. The summed E-state index contributed by atoms with van der Waals surface area (Å²) >= 11 is 13.9. The van der Waals surface area contributed by atoms with Gasteiger partial charge in [-0.2, -0.15) is 4.98 Å². The zero-order valence-electron chi connectivity index (χ0n) is 11.1. The van der Waals surface area contributed by atoms with Gasteiger partial charge in [-0.3, -0.25) is 0 Å². The van der Waals surface area contributed by atoms with Crippen LogP contribution in [0.3, 0.4) is 0 Å². The van der Waals surface area contributed by atoms with Crippen molar-refractivity contribution in [1.82, 2.24) is 10.1 Å². The molecule has 0 saturated heterocycles. The zero-order chi connectivity index (χ0) is 15.1. The van der Waals surface area contributed by atoms with Crippen LogP contribution in [-0.2, 0) is 0 Å². The van der Waals surface area contributed by atoms with Crippen LogP contribution in [0, 0.1) is 0 Å². The molecule has 3 nitrogen and oxygen atoms in total. The fourth-order valence-electron chi connectivity index (χ4n) is 2.18. The largest absolute Gasteiger partial charge is 0.333 e. The fourth-order valence-corrected chi connectivity index (χ4v) is 3.74. The normalized spacial score (nSPS) is 11.2. The summed E-state index contributed by atoms with van der Waals surface area (Å²) in [5, 5.41) is 6.33. The lowest BCUT2D eigenvalue weighted by atomic mass is 10.2. The first kappa shape index (κ1) is 13.8. The molecule has 4 rings (SSSR count). The second-order valence-corrected chi connectivity index (χ2v) is 6.54. The van der Waals surface area contributed by atoms with Crippen LogP contribution < -0.4 is 0 Å². The Morgan fingerprint density at radius 2 is 1.73 bits per heavy atom. The lowest BCUT2D eigenvalue weighted by molar-refractivity contribution is 0.433. The molecule has 0 unspecified atom stereocenters. The molecule has 0 radical (unpaired) electrons. The summed E-state index contributed by atoms with van der Waals surface area (Å²) in [6.07, 6.45) is 0. The predicted octanol–water partition coefficient (Wildman–Crippen LogP) is 5.93. The first-order valence-corrected chi connectivity index (χ1v) is 8.06. The minimum Gasteiger partial charge on any atom is -0.333 e. The van der Waals surface area contributed by atoms with E-state index in [1.807, 2.05) is 36.4 Å². The first-order valence-electron chi connectivity index (χ1n) is 6.49. The number of aromatic nitrogens is 2. The van der Waals surface area contributed by atoms with E-state index in [2.05, 4.69) is 10.1 Å². The van der Waals surface area contributed by atoms with E-state index in [0.717, 1.165) is 20.5 Å². The maximum Gasteiger partial charge on any atom is 0.269 e. The molecule has 22 heavy (non-hydrogen) atoms. The van der Waals surface area contributed by atoms with Gasteiger partial charge < -0.3 is 4.52 Å². The highest BCUT2D eigenvalue weighted by Crippen LogP contribution is 2.41. The van der Waals surface area contributed by atoms with Crippen LogP contribution in [-0.4, -0.2) is 10.1 Å². The van der Waals surface area contributed by atoms with E-state index in [-0.39, 0.29) is 0 Å². The summed E-state index contributed by atoms with van der Waals surface area (Å²) in [6, 6.07) is 15.2. The minimum atomic E-state index is 0.427. The third kappa shape index (κ3) is 2.29. The van der Waals surface area contributed by atoms with Gasteiger partial charge in [0.2, 0.25) is 5.82 Å². The zero-order valence-corrected chi connectivity index (χ0v) is 13.4. The molecule has 0 saturated carbocycles. The predicted molar refractivity (Wildman–Crippen MR) is 90.6 cm³/mol. The van der Waals surface area contributed by atoms with Crippen molar-refractivity contribution in [1.29, 1.82) is 0 Å². The van der Waals surface area contributed by atoms with Gasteiger partial charge >= 0.3 is 0 Å². The summed E-state index contributed by atoms with van der Waals surface area (Å²) in [6.45, 7) is 0. The average Bonchev–Trinajstić information content (AvgIpc) is 3.14.